The number of anilines is 1. The van der Waals surface area contributed by atoms with E-state index in [1.165, 1.54) is 0 Å². The molecular formula is C13H17ClN2. The largest absolute Gasteiger partial charge is 0.368 e. The molecule has 0 fully saturated rings. The molecule has 0 aliphatic heterocycles. The molecule has 86 valence electrons. The molecule has 0 saturated heterocycles. The van der Waals surface area contributed by atoms with Crippen molar-refractivity contribution in [3.63, 3.8) is 0 Å². The first-order valence-electron chi connectivity index (χ1n) is 5.36. The second kappa shape index (κ2) is 4.76. The van der Waals surface area contributed by atoms with Crippen LogP contribution in [-0.4, -0.2) is 12.6 Å². The van der Waals surface area contributed by atoms with Crippen LogP contribution in [0.1, 0.15) is 32.8 Å². The summed E-state index contributed by atoms with van der Waals surface area (Å²) < 4.78 is 0. The Hall–Kier alpha value is -1.20. The van der Waals surface area contributed by atoms with Crippen LogP contribution in [0.3, 0.4) is 0 Å². The van der Waals surface area contributed by atoms with Gasteiger partial charge in [-0.2, -0.15) is 5.26 Å². The van der Waals surface area contributed by atoms with Crippen LogP contribution in [0.5, 0.6) is 0 Å². The van der Waals surface area contributed by atoms with Gasteiger partial charge in [0, 0.05) is 17.6 Å². The summed E-state index contributed by atoms with van der Waals surface area (Å²) >= 11 is 5.98. The van der Waals surface area contributed by atoms with Crippen molar-refractivity contribution in [2.45, 2.75) is 32.7 Å². The molecule has 0 saturated carbocycles. The van der Waals surface area contributed by atoms with Crippen LogP contribution in [-0.2, 0) is 0 Å². The summed E-state index contributed by atoms with van der Waals surface area (Å²) in [6.45, 7) is 6.43. The minimum Gasteiger partial charge on any atom is -0.368 e. The molecular weight excluding hydrogens is 220 g/mol. The van der Waals surface area contributed by atoms with E-state index in [1.807, 2.05) is 13.1 Å². The first-order valence-corrected chi connectivity index (χ1v) is 5.73. The topological polar surface area (TPSA) is 27.0 Å². The average Bonchev–Trinajstić information content (AvgIpc) is 2.28. The Labute approximate surface area is 102 Å². The number of halogens is 1. The maximum absolute atomic E-state index is 9.08. The van der Waals surface area contributed by atoms with Crippen molar-refractivity contribution in [1.82, 2.24) is 0 Å². The molecule has 0 bridgehead atoms. The molecule has 0 amide bonds. The van der Waals surface area contributed by atoms with Crippen LogP contribution in [0.25, 0.3) is 0 Å². The van der Waals surface area contributed by atoms with Gasteiger partial charge in [-0.05, 0) is 38.5 Å². The Morgan fingerprint density at radius 2 is 2.06 bits per heavy atom. The lowest BCUT2D eigenvalue weighted by Crippen LogP contribution is -2.40. The third-order valence-corrected chi connectivity index (χ3v) is 3.45. The van der Waals surface area contributed by atoms with Crippen LogP contribution in [0.15, 0.2) is 18.2 Å². The molecule has 0 aliphatic carbocycles. The molecule has 0 unspecified atom stereocenters. The molecule has 0 heterocycles. The van der Waals surface area contributed by atoms with E-state index >= 15 is 0 Å². The standard InChI is InChI=1S/C13H17ClN2/c1-5-13(2,3)16(4)12-8-11(14)7-6-10(12)9-15/h6-8H,5H2,1-4H3. The normalized spacial score (nSPS) is 11.0. The van der Waals surface area contributed by atoms with E-state index in [4.69, 9.17) is 16.9 Å². The number of hydrogen-bond acceptors (Lipinski definition) is 2. The number of nitriles is 1. The average molecular weight is 237 g/mol. The Kier molecular flexibility index (Phi) is 3.83. The highest BCUT2D eigenvalue weighted by atomic mass is 35.5. The highest BCUT2D eigenvalue weighted by Crippen LogP contribution is 2.29. The van der Waals surface area contributed by atoms with Crippen molar-refractivity contribution < 1.29 is 0 Å². The third-order valence-electron chi connectivity index (χ3n) is 3.21. The molecule has 3 heteroatoms. The lowest BCUT2D eigenvalue weighted by Gasteiger charge is -2.37. The SMILES string of the molecule is CCC(C)(C)N(C)c1cc(Cl)ccc1C#N. The maximum Gasteiger partial charge on any atom is 0.101 e. The van der Waals surface area contributed by atoms with Gasteiger partial charge >= 0.3 is 0 Å². The summed E-state index contributed by atoms with van der Waals surface area (Å²) in [7, 11) is 2.00. The molecule has 1 aromatic rings. The first-order chi connectivity index (χ1) is 7.42. The number of rotatable bonds is 3. The summed E-state index contributed by atoms with van der Waals surface area (Å²) in [6, 6.07) is 7.55. The second-order valence-corrected chi connectivity index (χ2v) is 4.93. The van der Waals surface area contributed by atoms with Gasteiger partial charge < -0.3 is 4.90 Å². The van der Waals surface area contributed by atoms with E-state index in [-0.39, 0.29) is 5.54 Å². The Morgan fingerprint density at radius 3 is 2.56 bits per heavy atom. The monoisotopic (exact) mass is 236 g/mol. The van der Waals surface area contributed by atoms with Gasteiger partial charge in [0.05, 0.1) is 11.3 Å². The van der Waals surface area contributed by atoms with Crippen LogP contribution in [0, 0.1) is 11.3 Å². The van der Waals surface area contributed by atoms with E-state index in [0.717, 1.165) is 12.1 Å². The van der Waals surface area contributed by atoms with Crippen LogP contribution >= 0.6 is 11.6 Å². The van der Waals surface area contributed by atoms with Gasteiger partial charge in [0.1, 0.15) is 6.07 Å². The minimum atomic E-state index is 0.0102. The lowest BCUT2D eigenvalue weighted by atomic mass is 9.98. The van der Waals surface area contributed by atoms with Gasteiger partial charge in [-0.3, -0.25) is 0 Å². The fourth-order valence-corrected chi connectivity index (χ4v) is 1.61. The Morgan fingerprint density at radius 1 is 1.44 bits per heavy atom. The zero-order valence-electron chi connectivity index (χ0n) is 10.2. The van der Waals surface area contributed by atoms with Crippen LogP contribution < -0.4 is 4.90 Å². The highest BCUT2D eigenvalue weighted by molar-refractivity contribution is 6.30. The van der Waals surface area contributed by atoms with Crippen molar-refractivity contribution in [1.29, 1.82) is 5.26 Å². The van der Waals surface area contributed by atoms with Gasteiger partial charge in [-0.25, -0.2) is 0 Å². The summed E-state index contributed by atoms with van der Waals surface area (Å²) in [5.41, 5.74) is 1.56. The third kappa shape index (κ3) is 2.48. The summed E-state index contributed by atoms with van der Waals surface area (Å²) in [6.07, 6.45) is 1.00. The summed E-state index contributed by atoms with van der Waals surface area (Å²) in [4.78, 5) is 2.11. The summed E-state index contributed by atoms with van der Waals surface area (Å²) in [5, 5.41) is 9.74. The van der Waals surface area contributed by atoms with Crippen molar-refractivity contribution in [2.75, 3.05) is 11.9 Å². The van der Waals surface area contributed by atoms with Crippen molar-refractivity contribution in [2.24, 2.45) is 0 Å². The lowest BCUT2D eigenvalue weighted by molar-refractivity contribution is 0.470. The van der Waals surface area contributed by atoms with Crippen molar-refractivity contribution in [3.8, 4) is 6.07 Å². The maximum atomic E-state index is 9.08. The van der Waals surface area contributed by atoms with E-state index in [0.29, 0.717) is 10.6 Å². The minimum absolute atomic E-state index is 0.0102. The van der Waals surface area contributed by atoms with E-state index in [9.17, 15) is 0 Å². The van der Waals surface area contributed by atoms with Gasteiger partial charge in [-0.15, -0.1) is 0 Å². The van der Waals surface area contributed by atoms with E-state index in [1.54, 1.807) is 12.1 Å². The van der Waals surface area contributed by atoms with Crippen LogP contribution in [0.2, 0.25) is 5.02 Å². The first kappa shape index (κ1) is 12.9. The van der Waals surface area contributed by atoms with Crippen molar-refractivity contribution >= 4 is 17.3 Å². The molecule has 0 aliphatic rings. The molecule has 1 aromatic carbocycles. The molecule has 0 atom stereocenters. The van der Waals surface area contributed by atoms with E-state index < -0.39 is 0 Å². The van der Waals surface area contributed by atoms with Gasteiger partial charge in [0.15, 0.2) is 0 Å². The van der Waals surface area contributed by atoms with Gasteiger partial charge in [0.25, 0.3) is 0 Å². The van der Waals surface area contributed by atoms with Gasteiger partial charge in [0.2, 0.25) is 0 Å². The molecule has 1 rings (SSSR count). The zero-order chi connectivity index (χ0) is 12.3. The fourth-order valence-electron chi connectivity index (χ4n) is 1.44. The predicted octanol–water partition coefficient (Wildman–Crippen LogP) is 3.84. The molecule has 16 heavy (non-hydrogen) atoms. The predicted molar refractivity (Wildman–Crippen MR) is 68.9 cm³/mol. The molecule has 0 spiro atoms. The summed E-state index contributed by atoms with van der Waals surface area (Å²) in [5.74, 6) is 0. The second-order valence-electron chi connectivity index (χ2n) is 4.50. The smallest absolute Gasteiger partial charge is 0.101 e. The molecule has 0 N–H and O–H groups in total. The number of nitrogens with zero attached hydrogens (tertiary/aromatic N) is 2. The van der Waals surface area contributed by atoms with E-state index in [2.05, 4.69) is 31.7 Å². The zero-order valence-corrected chi connectivity index (χ0v) is 11.0. The molecule has 0 aromatic heterocycles. The van der Waals surface area contributed by atoms with Crippen LogP contribution in [0.4, 0.5) is 5.69 Å². The van der Waals surface area contributed by atoms with Crippen molar-refractivity contribution in [3.05, 3.63) is 28.8 Å². The fraction of sp³-hybridized carbons (Fsp3) is 0.462. The Bertz CT molecular complexity index is 418. The van der Waals surface area contributed by atoms with Gasteiger partial charge in [-0.1, -0.05) is 18.5 Å². The number of benzene rings is 1. The molecule has 0 radical (unpaired) electrons. The quantitative estimate of drug-likeness (QED) is 0.798. The molecule has 2 nitrogen and oxygen atoms in total. The number of hydrogen-bond donors (Lipinski definition) is 0. The Balaban J connectivity index is 3.22. The highest BCUT2D eigenvalue weighted by Gasteiger charge is 2.23.